The number of aromatic nitrogens is 1. The van der Waals surface area contributed by atoms with Gasteiger partial charge in [0.15, 0.2) is 0 Å². The number of hydrogen-bond acceptors (Lipinski definition) is 3. The molecule has 4 nitrogen and oxygen atoms in total. The van der Waals surface area contributed by atoms with Crippen LogP contribution in [-0.2, 0) is 4.79 Å². The second-order valence-corrected chi connectivity index (χ2v) is 7.97. The first kappa shape index (κ1) is 20.2. The lowest BCUT2D eigenvalue weighted by Gasteiger charge is -2.12. The second-order valence-electron chi connectivity index (χ2n) is 6.48. The van der Waals surface area contributed by atoms with Gasteiger partial charge in [0.2, 0.25) is 5.91 Å². The van der Waals surface area contributed by atoms with Gasteiger partial charge in [0.25, 0.3) is 0 Å². The zero-order chi connectivity index (χ0) is 20.1. The molecule has 1 amide bonds. The first-order chi connectivity index (χ1) is 13.5. The maximum Gasteiger partial charge on any atom is 0.250 e. The molecule has 0 aliphatic heterocycles. The van der Waals surface area contributed by atoms with E-state index in [4.69, 9.17) is 11.6 Å². The first-order valence-electron chi connectivity index (χ1n) is 8.91. The van der Waals surface area contributed by atoms with Gasteiger partial charge in [-0.2, -0.15) is 5.10 Å². The van der Waals surface area contributed by atoms with Gasteiger partial charge in [0.05, 0.1) is 12.0 Å². The number of thioether (sulfide) groups is 1. The Morgan fingerprint density at radius 3 is 2.57 bits per heavy atom. The molecule has 0 spiro atoms. The summed E-state index contributed by atoms with van der Waals surface area (Å²) in [6.07, 6.45) is 1.70. The molecule has 0 aliphatic carbocycles. The van der Waals surface area contributed by atoms with Crippen molar-refractivity contribution in [3.8, 4) is 5.69 Å². The lowest BCUT2D eigenvalue weighted by atomic mass is 10.2. The quantitative estimate of drug-likeness (QED) is 0.340. The number of aryl methyl sites for hydroxylation is 2. The summed E-state index contributed by atoms with van der Waals surface area (Å²) < 4.78 is 2.20. The van der Waals surface area contributed by atoms with E-state index in [1.54, 1.807) is 6.21 Å². The summed E-state index contributed by atoms with van der Waals surface area (Å²) >= 11 is 7.31. The normalized spacial score (nSPS) is 11.1. The van der Waals surface area contributed by atoms with Gasteiger partial charge in [-0.1, -0.05) is 29.8 Å². The predicted molar refractivity (Wildman–Crippen MR) is 118 cm³/mol. The third-order valence-corrected chi connectivity index (χ3v) is 5.67. The highest BCUT2D eigenvalue weighted by Crippen LogP contribution is 2.22. The molecule has 0 unspecified atom stereocenters. The minimum atomic E-state index is -0.149. The van der Waals surface area contributed by atoms with E-state index in [2.05, 4.69) is 54.1 Å². The SMILES string of the molecule is Cc1ccccc1-n1c(C)cc(/C=N/NC(=O)CSc2ccc(Cl)cc2)c1C. The van der Waals surface area contributed by atoms with Crippen molar-refractivity contribution in [2.24, 2.45) is 5.10 Å². The Kier molecular flexibility index (Phi) is 6.60. The highest BCUT2D eigenvalue weighted by atomic mass is 35.5. The minimum absolute atomic E-state index is 0.149. The Labute approximate surface area is 174 Å². The number of halogens is 1. The van der Waals surface area contributed by atoms with Crippen LogP contribution in [0.5, 0.6) is 0 Å². The molecule has 144 valence electrons. The predicted octanol–water partition coefficient (Wildman–Crippen LogP) is 5.30. The fourth-order valence-electron chi connectivity index (χ4n) is 2.99. The van der Waals surface area contributed by atoms with E-state index in [1.165, 1.54) is 17.3 Å². The lowest BCUT2D eigenvalue weighted by molar-refractivity contribution is -0.118. The van der Waals surface area contributed by atoms with Crippen molar-refractivity contribution in [1.82, 2.24) is 9.99 Å². The molecule has 1 heterocycles. The standard InChI is InChI=1S/C22H22ClN3OS/c1-15-6-4-5-7-21(15)26-16(2)12-18(17(26)3)13-24-25-22(27)14-28-20-10-8-19(23)9-11-20/h4-13H,14H2,1-3H3,(H,25,27)/b24-13+. The molecule has 6 heteroatoms. The molecule has 0 aliphatic rings. The number of amides is 1. The molecule has 0 saturated heterocycles. The number of para-hydroxylation sites is 1. The van der Waals surface area contributed by atoms with Crippen molar-refractivity contribution in [1.29, 1.82) is 0 Å². The number of hydrogen-bond donors (Lipinski definition) is 1. The van der Waals surface area contributed by atoms with Crippen molar-refractivity contribution in [3.05, 3.63) is 82.1 Å². The van der Waals surface area contributed by atoms with Gasteiger partial charge in [0, 0.05) is 32.6 Å². The van der Waals surface area contributed by atoms with E-state index in [-0.39, 0.29) is 5.91 Å². The number of nitrogens with one attached hydrogen (secondary N) is 1. The Balaban J connectivity index is 1.63. The van der Waals surface area contributed by atoms with Gasteiger partial charge in [-0.3, -0.25) is 4.79 Å². The van der Waals surface area contributed by atoms with Gasteiger partial charge in [-0.15, -0.1) is 11.8 Å². The molecule has 1 N–H and O–H groups in total. The van der Waals surface area contributed by atoms with Gasteiger partial charge >= 0.3 is 0 Å². The van der Waals surface area contributed by atoms with Crippen LogP contribution in [0, 0.1) is 20.8 Å². The molecule has 3 aromatic rings. The van der Waals surface area contributed by atoms with Crippen LogP contribution in [0.3, 0.4) is 0 Å². The van der Waals surface area contributed by atoms with Gasteiger partial charge in [0.1, 0.15) is 0 Å². The Bertz CT molecular complexity index is 1010. The maximum absolute atomic E-state index is 12.0. The number of rotatable bonds is 6. The van der Waals surface area contributed by atoms with Crippen LogP contribution in [0.15, 0.2) is 64.6 Å². The second kappa shape index (κ2) is 9.13. The van der Waals surface area contributed by atoms with Crippen LogP contribution < -0.4 is 5.43 Å². The molecule has 1 aromatic heterocycles. The van der Waals surface area contributed by atoms with Crippen LogP contribution in [0.2, 0.25) is 5.02 Å². The van der Waals surface area contributed by atoms with Gasteiger partial charge in [-0.05, 0) is 62.7 Å². The summed E-state index contributed by atoms with van der Waals surface area (Å²) in [5.41, 5.74) is 8.14. The summed E-state index contributed by atoms with van der Waals surface area (Å²) in [6, 6.07) is 17.7. The van der Waals surface area contributed by atoms with Crippen molar-refractivity contribution in [2.75, 3.05) is 5.75 Å². The highest BCUT2D eigenvalue weighted by molar-refractivity contribution is 8.00. The van der Waals surface area contributed by atoms with E-state index in [0.29, 0.717) is 10.8 Å². The zero-order valence-corrected chi connectivity index (χ0v) is 17.6. The summed E-state index contributed by atoms with van der Waals surface area (Å²) in [5, 5.41) is 4.81. The third kappa shape index (κ3) is 4.86. The molecule has 0 fully saturated rings. The smallest absolute Gasteiger partial charge is 0.250 e. The molecular formula is C22H22ClN3OS. The fourth-order valence-corrected chi connectivity index (χ4v) is 3.81. The van der Waals surface area contributed by atoms with Crippen molar-refractivity contribution >= 4 is 35.5 Å². The summed E-state index contributed by atoms with van der Waals surface area (Å²) in [6.45, 7) is 6.22. The van der Waals surface area contributed by atoms with Crippen molar-refractivity contribution in [3.63, 3.8) is 0 Å². The maximum atomic E-state index is 12.0. The summed E-state index contributed by atoms with van der Waals surface area (Å²) in [4.78, 5) is 13.0. The molecule has 2 aromatic carbocycles. The van der Waals surface area contributed by atoms with E-state index in [9.17, 15) is 4.79 Å². The summed E-state index contributed by atoms with van der Waals surface area (Å²) in [7, 11) is 0. The molecule has 3 rings (SSSR count). The van der Waals surface area contributed by atoms with Crippen LogP contribution in [0.1, 0.15) is 22.5 Å². The highest BCUT2D eigenvalue weighted by Gasteiger charge is 2.11. The zero-order valence-electron chi connectivity index (χ0n) is 16.1. The van der Waals surface area contributed by atoms with E-state index >= 15 is 0 Å². The monoisotopic (exact) mass is 411 g/mol. The van der Waals surface area contributed by atoms with Crippen LogP contribution >= 0.6 is 23.4 Å². The van der Waals surface area contributed by atoms with Gasteiger partial charge < -0.3 is 4.57 Å². The van der Waals surface area contributed by atoms with Crippen LogP contribution in [0.4, 0.5) is 0 Å². The molecular weight excluding hydrogens is 390 g/mol. The third-order valence-electron chi connectivity index (χ3n) is 4.40. The minimum Gasteiger partial charge on any atom is -0.318 e. The Morgan fingerprint density at radius 2 is 1.86 bits per heavy atom. The number of carbonyl (C=O) groups excluding carboxylic acids is 1. The largest absolute Gasteiger partial charge is 0.318 e. The van der Waals surface area contributed by atoms with E-state index in [0.717, 1.165) is 27.5 Å². The first-order valence-corrected chi connectivity index (χ1v) is 10.3. The topological polar surface area (TPSA) is 46.4 Å². The number of carbonyl (C=O) groups is 1. The molecule has 0 radical (unpaired) electrons. The number of benzene rings is 2. The van der Waals surface area contributed by atoms with E-state index in [1.807, 2.05) is 36.4 Å². The summed E-state index contributed by atoms with van der Waals surface area (Å²) in [5.74, 6) is 0.144. The Hall–Kier alpha value is -2.50. The molecule has 28 heavy (non-hydrogen) atoms. The lowest BCUT2D eigenvalue weighted by Crippen LogP contribution is -2.19. The van der Waals surface area contributed by atoms with Gasteiger partial charge in [-0.25, -0.2) is 5.43 Å². The van der Waals surface area contributed by atoms with E-state index < -0.39 is 0 Å². The fraction of sp³-hybridized carbons (Fsp3) is 0.182. The molecule has 0 saturated carbocycles. The number of nitrogens with zero attached hydrogens (tertiary/aromatic N) is 2. The average Bonchev–Trinajstić information content (AvgIpc) is 2.95. The van der Waals surface area contributed by atoms with Crippen LogP contribution in [-0.4, -0.2) is 22.4 Å². The van der Waals surface area contributed by atoms with Crippen LogP contribution in [0.25, 0.3) is 5.69 Å². The van der Waals surface area contributed by atoms with Crippen molar-refractivity contribution in [2.45, 2.75) is 25.7 Å². The molecule has 0 bridgehead atoms. The van der Waals surface area contributed by atoms with Crippen molar-refractivity contribution < 1.29 is 4.79 Å². The average molecular weight is 412 g/mol. The number of hydrazone groups is 1. The molecule has 0 atom stereocenters. The Morgan fingerprint density at radius 1 is 1.14 bits per heavy atom.